The van der Waals surface area contributed by atoms with Gasteiger partial charge in [0, 0.05) is 5.92 Å². The van der Waals surface area contributed by atoms with Gasteiger partial charge in [-0.15, -0.1) is 10.2 Å². The summed E-state index contributed by atoms with van der Waals surface area (Å²) in [6.07, 6.45) is 3.92. The Bertz CT molecular complexity index is 554. The van der Waals surface area contributed by atoms with Crippen LogP contribution >= 0.6 is 11.6 Å². The molecule has 2 atom stereocenters. The van der Waals surface area contributed by atoms with E-state index in [4.69, 9.17) is 11.6 Å². The Morgan fingerprint density at radius 3 is 2.75 bits per heavy atom. The molecule has 2 aliphatic carbocycles. The Hall–Kier alpha value is -1.16. The minimum Gasteiger partial charge on any atom is -0.196 e. The van der Waals surface area contributed by atoms with Crippen molar-refractivity contribution in [3.8, 4) is 0 Å². The number of nitrogens with zero attached hydrogens (tertiary/aromatic N) is 4. The molecule has 0 aliphatic heterocycles. The molecule has 0 N–H and O–H groups in total. The summed E-state index contributed by atoms with van der Waals surface area (Å²) in [7, 11) is 0. The Kier molecular flexibility index (Phi) is 1.64. The second kappa shape index (κ2) is 2.94. The molecule has 0 saturated heterocycles. The van der Waals surface area contributed by atoms with Crippen LogP contribution < -0.4 is 0 Å². The van der Waals surface area contributed by atoms with Gasteiger partial charge in [-0.05, 0) is 43.2 Å². The van der Waals surface area contributed by atoms with Crippen LogP contribution in [0.5, 0.6) is 0 Å². The predicted octanol–water partition coefficient (Wildman–Crippen LogP) is 2.29. The van der Waals surface area contributed by atoms with E-state index in [0.717, 1.165) is 23.3 Å². The lowest BCUT2D eigenvalue weighted by atomic mass is 10.0. The molecule has 4 nitrogen and oxygen atoms in total. The minimum absolute atomic E-state index is 0.497. The molecule has 2 saturated carbocycles. The van der Waals surface area contributed by atoms with Crippen molar-refractivity contribution in [1.82, 2.24) is 19.8 Å². The van der Waals surface area contributed by atoms with Gasteiger partial charge in [0.05, 0.1) is 0 Å². The first kappa shape index (κ1) is 8.93. The van der Waals surface area contributed by atoms with Crippen LogP contribution in [0.2, 0.25) is 5.15 Å². The third kappa shape index (κ3) is 1.19. The van der Waals surface area contributed by atoms with Gasteiger partial charge in [-0.3, -0.25) is 0 Å². The van der Waals surface area contributed by atoms with Crippen LogP contribution in [0.25, 0.3) is 5.65 Å². The maximum absolute atomic E-state index is 5.90. The molecule has 4 rings (SSSR count). The third-order valence-corrected chi connectivity index (χ3v) is 4.06. The molecule has 2 unspecified atom stereocenters. The van der Waals surface area contributed by atoms with Crippen LogP contribution in [0.1, 0.15) is 31.0 Å². The molecule has 0 amide bonds. The van der Waals surface area contributed by atoms with E-state index in [-0.39, 0.29) is 0 Å². The van der Waals surface area contributed by atoms with Gasteiger partial charge < -0.3 is 0 Å². The third-order valence-electron chi connectivity index (χ3n) is 3.86. The topological polar surface area (TPSA) is 43.1 Å². The van der Waals surface area contributed by atoms with Crippen molar-refractivity contribution in [2.45, 2.75) is 25.2 Å². The number of halogens is 1. The quantitative estimate of drug-likeness (QED) is 0.761. The van der Waals surface area contributed by atoms with Crippen molar-refractivity contribution in [2.24, 2.45) is 11.8 Å². The summed E-state index contributed by atoms with van der Waals surface area (Å²) in [6, 6.07) is 3.61. The Labute approximate surface area is 97.6 Å². The summed E-state index contributed by atoms with van der Waals surface area (Å²) < 4.78 is 1.80. The van der Waals surface area contributed by atoms with E-state index in [9.17, 15) is 0 Å². The van der Waals surface area contributed by atoms with E-state index in [2.05, 4.69) is 15.3 Å². The average Bonchev–Trinajstić information content (AvgIpc) is 2.75. The first-order valence-corrected chi connectivity index (χ1v) is 6.07. The van der Waals surface area contributed by atoms with Crippen LogP contribution in [-0.2, 0) is 0 Å². The standard InChI is InChI=1S/C11H11ClN4/c12-9-1-2-10-13-14-11(16(10)15-9)8-4-6-3-7(6)5-8/h1-2,6-8H,3-5H2. The Morgan fingerprint density at radius 2 is 1.94 bits per heavy atom. The smallest absolute Gasteiger partial charge is 0.178 e. The molecule has 0 bridgehead atoms. The van der Waals surface area contributed by atoms with Crippen LogP contribution in [0, 0.1) is 11.8 Å². The van der Waals surface area contributed by atoms with E-state index in [1.165, 1.54) is 19.3 Å². The Balaban J connectivity index is 1.81. The highest BCUT2D eigenvalue weighted by molar-refractivity contribution is 6.29. The molecule has 2 aromatic heterocycles. The number of fused-ring (bicyclic) bond motifs is 2. The van der Waals surface area contributed by atoms with Gasteiger partial charge >= 0.3 is 0 Å². The van der Waals surface area contributed by atoms with E-state index in [1.54, 1.807) is 10.6 Å². The fourth-order valence-corrected chi connectivity index (χ4v) is 3.10. The first-order valence-electron chi connectivity index (χ1n) is 5.69. The second-order valence-corrected chi connectivity index (χ2v) is 5.30. The molecule has 0 radical (unpaired) electrons. The Morgan fingerprint density at radius 1 is 1.12 bits per heavy atom. The van der Waals surface area contributed by atoms with Gasteiger partial charge in [0.15, 0.2) is 11.5 Å². The van der Waals surface area contributed by atoms with Crippen LogP contribution in [0.15, 0.2) is 12.1 Å². The van der Waals surface area contributed by atoms with Crippen molar-refractivity contribution >= 4 is 17.2 Å². The highest BCUT2D eigenvalue weighted by Gasteiger charge is 2.47. The number of hydrogen-bond acceptors (Lipinski definition) is 3. The molecule has 5 heteroatoms. The highest BCUT2D eigenvalue weighted by atomic mass is 35.5. The molecule has 2 fully saturated rings. The summed E-state index contributed by atoms with van der Waals surface area (Å²) in [5, 5.41) is 13.2. The number of aromatic nitrogens is 4. The lowest BCUT2D eigenvalue weighted by Crippen LogP contribution is -2.05. The van der Waals surface area contributed by atoms with Crippen molar-refractivity contribution in [3.63, 3.8) is 0 Å². The summed E-state index contributed by atoms with van der Waals surface area (Å²) in [6.45, 7) is 0. The zero-order chi connectivity index (χ0) is 10.7. The van der Waals surface area contributed by atoms with Crippen LogP contribution in [0.4, 0.5) is 0 Å². The van der Waals surface area contributed by atoms with Crippen LogP contribution in [0.3, 0.4) is 0 Å². The van der Waals surface area contributed by atoms with Gasteiger partial charge in [-0.25, -0.2) is 0 Å². The van der Waals surface area contributed by atoms with Crippen LogP contribution in [-0.4, -0.2) is 19.8 Å². The van der Waals surface area contributed by atoms with Gasteiger partial charge in [0.1, 0.15) is 5.15 Å². The van der Waals surface area contributed by atoms with Gasteiger partial charge in [0.2, 0.25) is 0 Å². The second-order valence-electron chi connectivity index (χ2n) is 4.91. The molecular formula is C11H11ClN4. The van der Waals surface area contributed by atoms with Crippen molar-refractivity contribution in [2.75, 3.05) is 0 Å². The zero-order valence-electron chi connectivity index (χ0n) is 8.67. The van der Waals surface area contributed by atoms with E-state index in [0.29, 0.717) is 11.1 Å². The number of rotatable bonds is 1. The van der Waals surface area contributed by atoms with Gasteiger partial charge in [-0.1, -0.05) is 11.6 Å². The van der Waals surface area contributed by atoms with Crippen molar-refractivity contribution in [3.05, 3.63) is 23.1 Å². The number of hydrogen-bond donors (Lipinski definition) is 0. The molecule has 2 heterocycles. The molecular weight excluding hydrogens is 224 g/mol. The summed E-state index contributed by atoms with van der Waals surface area (Å²) in [4.78, 5) is 0. The maximum atomic E-state index is 5.90. The van der Waals surface area contributed by atoms with Gasteiger partial charge in [0.25, 0.3) is 0 Å². The molecule has 2 aromatic rings. The lowest BCUT2D eigenvalue weighted by molar-refractivity contribution is 0.572. The fourth-order valence-electron chi connectivity index (χ4n) is 2.96. The van der Waals surface area contributed by atoms with E-state index >= 15 is 0 Å². The summed E-state index contributed by atoms with van der Waals surface area (Å²) in [5.74, 6) is 3.41. The summed E-state index contributed by atoms with van der Waals surface area (Å²) >= 11 is 5.90. The van der Waals surface area contributed by atoms with Gasteiger partial charge in [-0.2, -0.15) is 9.61 Å². The van der Waals surface area contributed by atoms with Crippen molar-refractivity contribution < 1.29 is 0 Å². The first-order chi connectivity index (χ1) is 7.81. The molecule has 0 spiro atoms. The molecule has 82 valence electrons. The maximum Gasteiger partial charge on any atom is 0.178 e. The summed E-state index contributed by atoms with van der Waals surface area (Å²) in [5.41, 5.74) is 0.792. The highest BCUT2D eigenvalue weighted by Crippen LogP contribution is 2.57. The normalized spacial score (nSPS) is 31.9. The predicted molar refractivity (Wildman–Crippen MR) is 59.4 cm³/mol. The largest absolute Gasteiger partial charge is 0.196 e. The lowest BCUT2D eigenvalue weighted by Gasteiger charge is -2.08. The molecule has 2 aliphatic rings. The average molecular weight is 235 g/mol. The molecule has 16 heavy (non-hydrogen) atoms. The monoisotopic (exact) mass is 234 g/mol. The SMILES string of the molecule is Clc1ccc2nnc(C3CC4CC4C3)n2n1. The van der Waals surface area contributed by atoms with E-state index in [1.807, 2.05) is 6.07 Å². The van der Waals surface area contributed by atoms with Crippen molar-refractivity contribution in [1.29, 1.82) is 0 Å². The molecule has 0 aromatic carbocycles. The minimum atomic E-state index is 0.497. The zero-order valence-corrected chi connectivity index (χ0v) is 9.43. The van der Waals surface area contributed by atoms with E-state index < -0.39 is 0 Å². The fraction of sp³-hybridized carbons (Fsp3) is 0.545.